The van der Waals surface area contributed by atoms with Crippen LogP contribution in [0.5, 0.6) is 0 Å². The van der Waals surface area contributed by atoms with E-state index in [2.05, 4.69) is 29.1 Å². The van der Waals surface area contributed by atoms with Crippen LogP contribution in [-0.4, -0.2) is 60.6 Å². The lowest BCUT2D eigenvalue weighted by Gasteiger charge is -2.29. The fourth-order valence-corrected chi connectivity index (χ4v) is 5.04. The Labute approximate surface area is 174 Å². The Morgan fingerprint density at radius 2 is 2.17 bits per heavy atom. The van der Waals surface area contributed by atoms with E-state index in [1.165, 1.54) is 29.6 Å². The Bertz CT molecular complexity index is 989. The minimum absolute atomic E-state index is 0.0653. The van der Waals surface area contributed by atoms with Crippen LogP contribution in [0.2, 0.25) is 0 Å². The van der Waals surface area contributed by atoms with Crippen molar-refractivity contribution in [2.24, 2.45) is 23.7 Å². The van der Waals surface area contributed by atoms with Crippen molar-refractivity contribution in [2.45, 2.75) is 45.4 Å². The molecule has 30 heavy (non-hydrogen) atoms. The van der Waals surface area contributed by atoms with Gasteiger partial charge in [0.15, 0.2) is 0 Å². The molecule has 5 rings (SSSR count). The number of aromatic nitrogens is 4. The lowest BCUT2D eigenvalue weighted by molar-refractivity contribution is -0.138. The molecule has 0 radical (unpaired) electrons. The summed E-state index contributed by atoms with van der Waals surface area (Å²) in [7, 11) is 0. The summed E-state index contributed by atoms with van der Waals surface area (Å²) < 4.78 is 7.43. The average Bonchev–Trinajstić information content (AvgIpc) is 3.07. The number of carboxylic acid groups (broad SMARTS) is 1. The van der Waals surface area contributed by atoms with Crippen molar-refractivity contribution in [3.8, 4) is 5.69 Å². The molecule has 2 aromatic rings. The average molecular weight is 411 g/mol. The van der Waals surface area contributed by atoms with Gasteiger partial charge in [-0.15, -0.1) is 5.10 Å². The molecular weight excluding hydrogens is 386 g/mol. The monoisotopic (exact) mass is 411 g/mol. The third-order valence-corrected chi connectivity index (χ3v) is 6.39. The highest BCUT2D eigenvalue weighted by Crippen LogP contribution is 2.60. The molecule has 4 heterocycles. The van der Waals surface area contributed by atoms with E-state index in [4.69, 9.17) is 4.74 Å². The lowest BCUT2D eigenvalue weighted by Crippen LogP contribution is -2.42. The highest BCUT2D eigenvalue weighted by atomic mass is 16.5. The zero-order valence-corrected chi connectivity index (χ0v) is 17.0. The first-order chi connectivity index (χ1) is 14.4. The molecule has 3 fully saturated rings. The molecule has 0 aromatic carbocycles. The molecule has 2 aromatic heterocycles. The molecule has 0 unspecified atom stereocenters. The van der Waals surface area contributed by atoms with Gasteiger partial charge in [0.2, 0.25) is 5.91 Å². The normalized spacial score (nSPS) is 28.6. The summed E-state index contributed by atoms with van der Waals surface area (Å²) in [5.74, 6) is 0.568. The van der Waals surface area contributed by atoms with Crippen LogP contribution in [-0.2, 0) is 16.1 Å². The minimum Gasteiger partial charge on any atom is -0.478 e. The van der Waals surface area contributed by atoms with Crippen molar-refractivity contribution in [1.29, 1.82) is 0 Å². The summed E-state index contributed by atoms with van der Waals surface area (Å²) in [6.07, 6.45) is 6.89. The molecule has 9 heteroatoms. The van der Waals surface area contributed by atoms with E-state index in [-0.39, 0.29) is 29.6 Å². The predicted molar refractivity (Wildman–Crippen MR) is 105 cm³/mol. The van der Waals surface area contributed by atoms with Crippen LogP contribution < -0.4 is 0 Å². The second-order valence-corrected chi connectivity index (χ2v) is 9.01. The first-order valence-electron chi connectivity index (χ1n) is 10.5. The molecule has 2 bridgehead atoms. The second kappa shape index (κ2) is 7.16. The number of carbonyl (C=O) groups excluding carboxylic acids is 1. The molecule has 1 aliphatic carbocycles. The first kappa shape index (κ1) is 19.2. The smallest absolute Gasteiger partial charge is 0.338 e. The lowest BCUT2D eigenvalue weighted by atomic mass is 9.88. The summed E-state index contributed by atoms with van der Waals surface area (Å²) in [6, 6.07) is 1.42. The van der Waals surface area contributed by atoms with Crippen molar-refractivity contribution >= 4 is 11.9 Å². The predicted octanol–water partition coefficient (Wildman–Crippen LogP) is 1.77. The van der Waals surface area contributed by atoms with Crippen molar-refractivity contribution in [3.05, 3.63) is 35.9 Å². The van der Waals surface area contributed by atoms with Crippen LogP contribution >= 0.6 is 0 Å². The summed E-state index contributed by atoms with van der Waals surface area (Å²) in [5.41, 5.74) is 1.04. The Morgan fingerprint density at radius 1 is 1.33 bits per heavy atom. The number of nitrogens with zero attached hydrogens (tertiary/aromatic N) is 5. The molecule has 5 atom stereocenters. The van der Waals surface area contributed by atoms with E-state index in [1.54, 1.807) is 6.20 Å². The number of aromatic carboxylic acids is 1. The van der Waals surface area contributed by atoms with Crippen LogP contribution in [0.3, 0.4) is 0 Å². The van der Waals surface area contributed by atoms with Gasteiger partial charge in [-0.3, -0.25) is 9.78 Å². The van der Waals surface area contributed by atoms with Gasteiger partial charge in [-0.25, -0.2) is 9.48 Å². The highest BCUT2D eigenvalue weighted by molar-refractivity contribution is 5.91. The maximum absolute atomic E-state index is 13.4. The summed E-state index contributed by atoms with van der Waals surface area (Å²) in [4.78, 5) is 30.7. The zero-order valence-electron chi connectivity index (χ0n) is 17.0. The molecule has 9 nitrogen and oxygen atoms in total. The van der Waals surface area contributed by atoms with Crippen molar-refractivity contribution in [3.63, 3.8) is 0 Å². The van der Waals surface area contributed by atoms with Crippen LogP contribution in [0.15, 0.2) is 24.7 Å². The van der Waals surface area contributed by atoms with E-state index in [1.807, 2.05) is 4.90 Å². The van der Waals surface area contributed by atoms with Gasteiger partial charge in [-0.05, 0) is 36.7 Å². The van der Waals surface area contributed by atoms with Gasteiger partial charge < -0.3 is 14.7 Å². The number of pyridine rings is 1. The van der Waals surface area contributed by atoms with Gasteiger partial charge in [-0.2, -0.15) is 0 Å². The molecule has 1 N–H and O–H groups in total. The molecule has 3 aliphatic rings. The molecule has 1 amide bonds. The minimum atomic E-state index is -1.06. The number of hydrogen-bond donors (Lipinski definition) is 1. The summed E-state index contributed by atoms with van der Waals surface area (Å²) >= 11 is 0. The van der Waals surface area contributed by atoms with E-state index >= 15 is 0 Å². The highest BCUT2D eigenvalue weighted by Gasteiger charge is 2.64. The third-order valence-electron chi connectivity index (χ3n) is 6.39. The number of carbonyl (C=O) groups is 2. The second-order valence-electron chi connectivity index (χ2n) is 9.01. The van der Waals surface area contributed by atoms with E-state index in [0.717, 1.165) is 6.42 Å². The third kappa shape index (κ3) is 3.27. The van der Waals surface area contributed by atoms with Crippen LogP contribution in [0, 0.1) is 23.7 Å². The quantitative estimate of drug-likeness (QED) is 0.739. The Kier molecular flexibility index (Phi) is 4.57. The molecular formula is C21H25N5O4. The molecule has 0 spiro atoms. The van der Waals surface area contributed by atoms with Gasteiger partial charge in [0.05, 0.1) is 48.3 Å². The summed E-state index contributed by atoms with van der Waals surface area (Å²) in [5, 5.41) is 17.7. The van der Waals surface area contributed by atoms with Gasteiger partial charge in [0, 0.05) is 12.7 Å². The van der Waals surface area contributed by atoms with Crippen LogP contribution in [0.1, 0.15) is 42.7 Å². The van der Waals surface area contributed by atoms with E-state index < -0.39 is 5.97 Å². The first-order valence-corrected chi connectivity index (χ1v) is 10.5. The Hall–Kier alpha value is -2.81. The van der Waals surface area contributed by atoms with Crippen molar-refractivity contribution in [2.75, 3.05) is 6.54 Å². The number of rotatable bonds is 7. The Morgan fingerprint density at radius 3 is 2.87 bits per heavy atom. The molecule has 158 valence electrons. The fourth-order valence-electron chi connectivity index (χ4n) is 5.04. The van der Waals surface area contributed by atoms with Gasteiger partial charge in [-0.1, -0.05) is 19.1 Å². The van der Waals surface area contributed by atoms with E-state index in [0.29, 0.717) is 42.2 Å². The Balaban J connectivity index is 1.35. The fraction of sp³-hybridized carbons (Fsp3) is 0.571. The topological polar surface area (TPSA) is 110 Å². The number of hydrogen-bond acceptors (Lipinski definition) is 6. The molecule has 2 saturated heterocycles. The zero-order chi connectivity index (χ0) is 21.0. The SMILES string of the molecule is CC(C)CN(Cc1cn(-c2cnccc2C(=O)O)nn1)C(=O)[C@@H]1C[C@@H]2O[C@H]1[C@H]1C[C@H]12. The maximum Gasteiger partial charge on any atom is 0.338 e. The van der Waals surface area contributed by atoms with Gasteiger partial charge >= 0.3 is 5.97 Å². The van der Waals surface area contributed by atoms with Gasteiger partial charge in [0.25, 0.3) is 0 Å². The standard InChI is InChI=1S/C21H25N5O4/c1-11(2)8-25(20(27)16-6-18-14-5-15(14)19(16)30-18)9-12-10-26(24-23-12)17-7-22-4-3-13(17)21(28)29/h3-4,7,10-11,14-16,18-19H,5-6,8-9H2,1-2H3,(H,28,29)/t14-,15+,16-,18+,19+/m1/s1. The van der Waals surface area contributed by atoms with E-state index in [9.17, 15) is 14.7 Å². The van der Waals surface area contributed by atoms with Crippen LogP contribution in [0.25, 0.3) is 5.69 Å². The molecule has 1 saturated carbocycles. The van der Waals surface area contributed by atoms with Crippen molar-refractivity contribution < 1.29 is 19.4 Å². The maximum atomic E-state index is 13.4. The molecule has 2 aliphatic heterocycles. The van der Waals surface area contributed by atoms with Gasteiger partial charge in [0.1, 0.15) is 5.69 Å². The van der Waals surface area contributed by atoms with Crippen LogP contribution in [0.4, 0.5) is 0 Å². The summed E-state index contributed by atoms with van der Waals surface area (Å²) in [6.45, 7) is 5.13. The number of amides is 1. The number of carboxylic acids is 1. The largest absolute Gasteiger partial charge is 0.478 e. The van der Waals surface area contributed by atoms with Crippen molar-refractivity contribution in [1.82, 2.24) is 24.9 Å². The number of ether oxygens (including phenoxy) is 1. The number of fused-ring (bicyclic) bond motifs is 5.